The standard InChI is InChI=1S/C22H26O3/c1-6-20(23)25-22(4,5)16-21(2,3)24-19-14-12-18(13-15-19)17-10-8-7-9-11-17/h6-15H,1,16H2,2-5H3. The summed E-state index contributed by atoms with van der Waals surface area (Å²) in [5, 5.41) is 0. The van der Waals surface area contributed by atoms with Crippen molar-refractivity contribution in [2.24, 2.45) is 0 Å². The molecular formula is C22H26O3. The number of ether oxygens (including phenoxy) is 2. The molecule has 132 valence electrons. The summed E-state index contributed by atoms with van der Waals surface area (Å²) in [6.45, 7) is 11.2. The second-order valence-electron chi connectivity index (χ2n) is 7.31. The minimum absolute atomic E-state index is 0.423. The van der Waals surface area contributed by atoms with Crippen molar-refractivity contribution in [3.8, 4) is 16.9 Å². The maximum absolute atomic E-state index is 11.5. The van der Waals surface area contributed by atoms with E-state index >= 15 is 0 Å². The lowest BCUT2D eigenvalue weighted by Gasteiger charge is -2.34. The van der Waals surface area contributed by atoms with Crippen LogP contribution in [0.1, 0.15) is 34.1 Å². The summed E-state index contributed by atoms with van der Waals surface area (Å²) in [4.78, 5) is 11.5. The zero-order chi connectivity index (χ0) is 18.5. The van der Waals surface area contributed by atoms with Crippen LogP contribution in [0.25, 0.3) is 11.1 Å². The highest BCUT2D eigenvalue weighted by Crippen LogP contribution is 2.30. The van der Waals surface area contributed by atoms with E-state index in [2.05, 4.69) is 18.7 Å². The van der Waals surface area contributed by atoms with Crippen LogP contribution in [0.3, 0.4) is 0 Å². The number of benzene rings is 2. The van der Waals surface area contributed by atoms with Crippen LogP contribution in [0.2, 0.25) is 0 Å². The Kier molecular flexibility index (Phi) is 5.68. The smallest absolute Gasteiger partial charge is 0.330 e. The van der Waals surface area contributed by atoms with Crippen LogP contribution < -0.4 is 4.74 Å². The Labute approximate surface area is 150 Å². The molecule has 0 fully saturated rings. The van der Waals surface area contributed by atoms with Gasteiger partial charge in [-0.3, -0.25) is 0 Å². The molecule has 0 aliphatic carbocycles. The van der Waals surface area contributed by atoms with E-state index in [9.17, 15) is 4.79 Å². The molecule has 2 aromatic rings. The number of esters is 1. The number of hydrogen-bond donors (Lipinski definition) is 0. The van der Waals surface area contributed by atoms with Gasteiger partial charge in [0.1, 0.15) is 17.0 Å². The van der Waals surface area contributed by atoms with Crippen LogP contribution in [-0.4, -0.2) is 17.2 Å². The van der Waals surface area contributed by atoms with Crippen LogP contribution in [-0.2, 0) is 9.53 Å². The lowest BCUT2D eigenvalue weighted by atomic mass is 9.92. The second-order valence-corrected chi connectivity index (χ2v) is 7.31. The third-order valence-corrected chi connectivity index (χ3v) is 3.75. The Morgan fingerprint density at radius 3 is 2.04 bits per heavy atom. The van der Waals surface area contributed by atoms with Gasteiger partial charge >= 0.3 is 5.97 Å². The van der Waals surface area contributed by atoms with Gasteiger partial charge in [-0.15, -0.1) is 0 Å². The van der Waals surface area contributed by atoms with E-state index in [-0.39, 0.29) is 0 Å². The van der Waals surface area contributed by atoms with Gasteiger partial charge in [0.2, 0.25) is 0 Å². The number of hydrogen-bond acceptors (Lipinski definition) is 3. The Morgan fingerprint density at radius 1 is 0.920 bits per heavy atom. The van der Waals surface area contributed by atoms with Crippen molar-refractivity contribution in [2.75, 3.05) is 0 Å². The van der Waals surface area contributed by atoms with Gasteiger partial charge in [-0.2, -0.15) is 0 Å². The summed E-state index contributed by atoms with van der Waals surface area (Å²) in [6, 6.07) is 18.2. The lowest BCUT2D eigenvalue weighted by molar-refractivity contribution is -0.154. The highest BCUT2D eigenvalue weighted by Gasteiger charge is 2.33. The van der Waals surface area contributed by atoms with E-state index < -0.39 is 17.2 Å². The quantitative estimate of drug-likeness (QED) is 0.500. The predicted octanol–water partition coefficient (Wildman–Crippen LogP) is 5.41. The largest absolute Gasteiger partial charge is 0.488 e. The molecule has 0 radical (unpaired) electrons. The normalized spacial score (nSPS) is 11.7. The summed E-state index contributed by atoms with van der Waals surface area (Å²) in [7, 11) is 0. The Hall–Kier alpha value is -2.55. The third kappa shape index (κ3) is 5.79. The van der Waals surface area contributed by atoms with E-state index in [1.54, 1.807) is 0 Å². The molecule has 0 N–H and O–H groups in total. The SMILES string of the molecule is C=CC(=O)OC(C)(C)CC(C)(C)Oc1ccc(-c2ccccc2)cc1. The predicted molar refractivity (Wildman–Crippen MR) is 102 cm³/mol. The molecule has 0 heterocycles. The van der Waals surface area contributed by atoms with Crippen LogP contribution in [0.15, 0.2) is 67.3 Å². The zero-order valence-corrected chi connectivity index (χ0v) is 15.4. The Morgan fingerprint density at radius 2 is 1.48 bits per heavy atom. The monoisotopic (exact) mass is 338 g/mol. The Balaban J connectivity index is 2.05. The van der Waals surface area contributed by atoms with Gasteiger partial charge in [-0.1, -0.05) is 49.0 Å². The van der Waals surface area contributed by atoms with Crippen LogP contribution in [0, 0.1) is 0 Å². The number of rotatable bonds is 7. The van der Waals surface area contributed by atoms with Crippen molar-refractivity contribution < 1.29 is 14.3 Å². The van der Waals surface area contributed by atoms with Crippen molar-refractivity contribution in [3.05, 3.63) is 67.3 Å². The van der Waals surface area contributed by atoms with Crippen molar-refractivity contribution in [3.63, 3.8) is 0 Å². The summed E-state index contributed by atoms with van der Waals surface area (Å²) < 4.78 is 11.5. The zero-order valence-electron chi connectivity index (χ0n) is 15.4. The van der Waals surface area contributed by atoms with E-state index in [4.69, 9.17) is 9.47 Å². The second kappa shape index (κ2) is 7.56. The third-order valence-electron chi connectivity index (χ3n) is 3.75. The number of carbonyl (C=O) groups is 1. The van der Waals surface area contributed by atoms with Crippen molar-refractivity contribution >= 4 is 5.97 Å². The first kappa shape index (κ1) is 18.8. The fourth-order valence-electron chi connectivity index (χ4n) is 3.08. The molecule has 3 heteroatoms. The lowest BCUT2D eigenvalue weighted by Crippen LogP contribution is -2.40. The molecule has 0 spiro atoms. The van der Waals surface area contributed by atoms with Gasteiger partial charge < -0.3 is 9.47 Å². The molecular weight excluding hydrogens is 312 g/mol. The molecule has 0 aliphatic heterocycles. The van der Waals surface area contributed by atoms with Gasteiger partial charge in [0.25, 0.3) is 0 Å². The first-order valence-corrected chi connectivity index (χ1v) is 8.41. The molecule has 0 amide bonds. The van der Waals surface area contributed by atoms with Crippen molar-refractivity contribution in [1.29, 1.82) is 0 Å². The molecule has 0 saturated heterocycles. The van der Waals surface area contributed by atoms with E-state index in [1.165, 1.54) is 11.6 Å². The fraction of sp³-hybridized carbons (Fsp3) is 0.318. The highest BCUT2D eigenvalue weighted by molar-refractivity contribution is 5.81. The van der Waals surface area contributed by atoms with Crippen LogP contribution >= 0.6 is 0 Å². The molecule has 2 aromatic carbocycles. The van der Waals surface area contributed by atoms with Crippen LogP contribution in [0.5, 0.6) is 5.75 Å². The average Bonchev–Trinajstić information content (AvgIpc) is 2.54. The average molecular weight is 338 g/mol. The maximum Gasteiger partial charge on any atom is 0.330 e. The first-order valence-electron chi connectivity index (χ1n) is 8.41. The summed E-state index contributed by atoms with van der Waals surface area (Å²) in [6.07, 6.45) is 1.73. The number of carbonyl (C=O) groups excluding carboxylic acids is 1. The molecule has 25 heavy (non-hydrogen) atoms. The summed E-state index contributed by atoms with van der Waals surface area (Å²) in [5.41, 5.74) is 1.19. The topological polar surface area (TPSA) is 35.5 Å². The Bertz CT molecular complexity index is 713. The molecule has 0 bridgehead atoms. The highest BCUT2D eigenvalue weighted by atomic mass is 16.6. The molecule has 0 saturated carbocycles. The van der Waals surface area contributed by atoms with Gasteiger partial charge in [-0.25, -0.2) is 4.79 Å². The molecule has 0 unspecified atom stereocenters. The van der Waals surface area contributed by atoms with Gasteiger partial charge in [0, 0.05) is 12.5 Å². The minimum atomic E-state index is -0.640. The van der Waals surface area contributed by atoms with E-state index in [1.807, 2.05) is 70.2 Å². The maximum atomic E-state index is 11.5. The molecule has 2 rings (SSSR count). The van der Waals surface area contributed by atoms with Gasteiger partial charge in [0.05, 0.1) is 0 Å². The molecule has 0 atom stereocenters. The van der Waals surface area contributed by atoms with E-state index in [0.717, 1.165) is 11.3 Å². The first-order chi connectivity index (χ1) is 11.7. The minimum Gasteiger partial charge on any atom is -0.488 e. The van der Waals surface area contributed by atoms with E-state index in [0.29, 0.717) is 6.42 Å². The van der Waals surface area contributed by atoms with Crippen molar-refractivity contribution in [1.82, 2.24) is 0 Å². The van der Waals surface area contributed by atoms with Crippen molar-refractivity contribution in [2.45, 2.75) is 45.3 Å². The fourth-order valence-corrected chi connectivity index (χ4v) is 3.08. The molecule has 0 aliphatic rings. The van der Waals surface area contributed by atoms with Gasteiger partial charge in [0.15, 0.2) is 0 Å². The van der Waals surface area contributed by atoms with Gasteiger partial charge in [-0.05, 0) is 51.0 Å². The van der Waals surface area contributed by atoms with Crippen LogP contribution in [0.4, 0.5) is 0 Å². The summed E-state index contributed by atoms with van der Waals surface area (Å²) >= 11 is 0. The molecule has 0 aromatic heterocycles. The molecule has 3 nitrogen and oxygen atoms in total. The summed E-state index contributed by atoms with van der Waals surface area (Å²) in [5.74, 6) is 0.364.